The van der Waals surface area contributed by atoms with Crippen LogP contribution in [0.25, 0.3) is 17.4 Å². The average Bonchev–Trinajstić information content (AvgIpc) is 3.47. The van der Waals surface area contributed by atoms with Crippen molar-refractivity contribution in [2.45, 2.75) is 12.8 Å². The Bertz CT molecular complexity index is 1070. The summed E-state index contributed by atoms with van der Waals surface area (Å²) in [4.78, 5) is 50.3. The molecule has 10 heteroatoms. The van der Waals surface area contributed by atoms with E-state index in [1.165, 1.54) is 18.2 Å². The minimum atomic E-state index is -0.536. The van der Waals surface area contributed by atoms with Crippen molar-refractivity contribution in [2.24, 2.45) is 0 Å². The summed E-state index contributed by atoms with van der Waals surface area (Å²) >= 11 is 0.751. The van der Waals surface area contributed by atoms with Crippen molar-refractivity contribution in [3.05, 3.63) is 57.2 Å². The van der Waals surface area contributed by atoms with Gasteiger partial charge in [0.15, 0.2) is 0 Å². The van der Waals surface area contributed by atoms with Gasteiger partial charge in [-0.1, -0.05) is 12.1 Å². The fraction of sp³-hybridized carbons (Fsp3) is 0.250. The van der Waals surface area contributed by atoms with E-state index in [9.17, 15) is 24.5 Å². The van der Waals surface area contributed by atoms with E-state index in [2.05, 4.69) is 0 Å². The Hall–Kier alpha value is -3.40. The van der Waals surface area contributed by atoms with Crippen LogP contribution in [0.5, 0.6) is 0 Å². The van der Waals surface area contributed by atoms with E-state index in [4.69, 9.17) is 4.42 Å². The van der Waals surface area contributed by atoms with Crippen LogP contribution in [0.1, 0.15) is 18.6 Å². The van der Waals surface area contributed by atoms with Crippen molar-refractivity contribution in [1.82, 2.24) is 9.80 Å². The molecule has 2 aliphatic heterocycles. The van der Waals surface area contributed by atoms with Gasteiger partial charge in [0.25, 0.3) is 16.8 Å². The summed E-state index contributed by atoms with van der Waals surface area (Å²) in [5.41, 5.74) is 0.461. The fourth-order valence-corrected chi connectivity index (χ4v) is 4.14. The summed E-state index contributed by atoms with van der Waals surface area (Å²) in [5, 5.41) is 10.4. The third-order valence-electron chi connectivity index (χ3n) is 4.87. The van der Waals surface area contributed by atoms with Crippen molar-refractivity contribution in [3.8, 4) is 11.3 Å². The smallest absolute Gasteiger partial charge is 0.294 e. The number of hydrogen-bond donors (Lipinski definition) is 0. The Morgan fingerprint density at radius 2 is 1.97 bits per heavy atom. The molecule has 0 N–H and O–H groups in total. The lowest BCUT2D eigenvalue weighted by Gasteiger charge is -2.18. The predicted octanol–water partition coefficient (Wildman–Crippen LogP) is 3.51. The van der Waals surface area contributed by atoms with E-state index in [0.29, 0.717) is 30.2 Å². The highest BCUT2D eigenvalue weighted by atomic mass is 32.2. The molecular weight excluding hydrogens is 410 g/mol. The van der Waals surface area contributed by atoms with E-state index in [1.807, 2.05) is 0 Å². The first-order chi connectivity index (χ1) is 14.4. The summed E-state index contributed by atoms with van der Waals surface area (Å²) in [6.07, 6.45) is 3.30. The normalized spacial score (nSPS) is 17.9. The van der Waals surface area contributed by atoms with Crippen molar-refractivity contribution in [2.75, 3.05) is 19.6 Å². The maximum atomic E-state index is 12.6. The van der Waals surface area contributed by atoms with Gasteiger partial charge in [0, 0.05) is 36.9 Å². The van der Waals surface area contributed by atoms with E-state index in [1.54, 1.807) is 29.2 Å². The predicted molar refractivity (Wildman–Crippen MR) is 109 cm³/mol. The van der Waals surface area contributed by atoms with Gasteiger partial charge in [-0.15, -0.1) is 0 Å². The molecule has 154 valence electrons. The van der Waals surface area contributed by atoms with Crippen LogP contribution in [-0.4, -0.2) is 51.4 Å². The van der Waals surface area contributed by atoms with E-state index in [-0.39, 0.29) is 23.0 Å². The summed E-state index contributed by atoms with van der Waals surface area (Å²) in [7, 11) is 0. The van der Waals surface area contributed by atoms with Crippen molar-refractivity contribution >= 4 is 40.6 Å². The molecule has 1 aromatic heterocycles. The number of nitrogens with zero attached hydrogens (tertiary/aromatic N) is 3. The number of nitro groups is 1. The van der Waals surface area contributed by atoms with E-state index >= 15 is 0 Å². The minimum Gasteiger partial charge on any atom is -0.457 e. The largest absolute Gasteiger partial charge is 0.457 e. The molecule has 0 radical (unpaired) electrons. The molecule has 9 nitrogen and oxygen atoms in total. The molecule has 4 rings (SSSR count). The Labute approximate surface area is 175 Å². The van der Waals surface area contributed by atoms with Crippen molar-refractivity contribution in [1.29, 1.82) is 0 Å². The number of furan rings is 1. The van der Waals surface area contributed by atoms with Crippen LogP contribution >= 0.6 is 11.8 Å². The maximum Gasteiger partial charge on any atom is 0.294 e. The van der Waals surface area contributed by atoms with Crippen molar-refractivity contribution in [3.63, 3.8) is 0 Å². The van der Waals surface area contributed by atoms with Crippen LogP contribution in [0.3, 0.4) is 0 Å². The number of hydrogen-bond acceptors (Lipinski definition) is 7. The highest BCUT2D eigenvalue weighted by Gasteiger charge is 2.37. The SMILES string of the molecule is O=C(CN1C(=O)S/C(=C/c2ccc(-c3cccc([N+](=O)[O-])c3)o2)C1=O)N1CCCC1. The van der Waals surface area contributed by atoms with Gasteiger partial charge in [-0.2, -0.15) is 0 Å². The summed E-state index contributed by atoms with van der Waals surface area (Å²) in [6, 6.07) is 9.24. The van der Waals surface area contributed by atoms with Gasteiger partial charge in [0.1, 0.15) is 18.1 Å². The Morgan fingerprint density at radius 1 is 1.20 bits per heavy atom. The van der Waals surface area contributed by atoms with E-state index in [0.717, 1.165) is 29.5 Å². The van der Waals surface area contributed by atoms with Crippen LogP contribution in [0.15, 0.2) is 45.7 Å². The molecule has 0 aliphatic carbocycles. The second-order valence-corrected chi connectivity index (χ2v) is 7.86. The Morgan fingerprint density at radius 3 is 2.70 bits per heavy atom. The lowest BCUT2D eigenvalue weighted by atomic mass is 10.1. The first-order valence-corrected chi connectivity index (χ1v) is 10.1. The number of non-ortho nitro benzene ring substituents is 1. The summed E-state index contributed by atoms with van der Waals surface area (Å²) in [6.45, 7) is 1.04. The molecule has 0 unspecified atom stereocenters. The quantitative estimate of drug-likeness (QED) is 0.407. The zero-order chi connectivity index (χ0) is 21.3. The third kappa shape index (κ3) is 3.99. The summed E-state index contributed by atoms with van der Waals surface area (Å²) < 4.78 is 5.68. The molecule has 0 bridgehead atoms. The Balaban J connectivity index is 1.49. The lowest BCUT2D eigenvalue weighted by molar-refractivity contribution is -0.384. The molecule has 0 atom stereocenters. The second-order valence-electron chi connectivity index (χ2n) is 6.87. The van der Waals surface area contributed by atoms with Crippen LogP contribution in [0, 0.1) is 10.1 Å². The molecule has 1 aromatic carbocycles. The molecule has 2 aliphatic rings. The van der Waals surface area contributed by atoms with Gasteiger partial charge >= 0.3 is 0 Å². The number of thioether (sulfide) groups is 1. The zero-order valence-corrected chi connectivity index (χ0v) is 16.6. The average molecular weight is 427 g/mol. The second kappa shape index (κ2) is 8.15. The molecule has 3 amide bonds. The monoisotopic (exact) mass is 427 g/mol. The van der Waals surface area contributed by atoms with Gasteiger partial charge in [-0.3, -0.25) is 29.4 Å². The number of imide groups is 1. The van der Waals surface area contributed by atoms with Crippen LogP contribution in [0.4, 0.5) is 10.5 Å². The van der Waals surface area contributed by atoms with Gasteiger partial charge in [0.05, 0.1) is 9.83 Å². The standard InChI is InChI=1S/C20H17N3O6S/c24-18(21-8-1-2-9-21)12-22-19(25)17(30-20(22)26)11-15-6-7-16(29-15)13-4-3-5-14(10-13)23(27)28/h3-7,10-11H,1-2,8-9,12H2/b17-11+. The van der Waals surface area contributed by atoms with Gasteiger partial charge in [0.2, 0.25) is 5.91 Å². The first kappa shape index (κ1) is 19.9. The molecule has 0 spiro atoms. The molecule has 3 heterocycles. The van der Waals surface area contributed by atoms with E-state index < -0.39 is 16.1 Å². The first-order valence-electron chi connectivity index (χ1n) is 9.30. The zero-order valence-electron chi connectivity index (χ0n) is 15.8. The van der Waals surface area contributed by atoms with Gasteiger partial charge < -0.3 is 9.32 Å². The number of carbonyl (C=O) groups is 3. The topological polar surface area (TPSA) is 114 Å². The molecule has 2 aromatic rings. The number of carbonyl (C=O) groups excluding carboxylic acids is 3. The molecule has 2 fully saturated rings. The number of amides is 3. The van der Waals surface area contributed by atoms with Gasteiger partial charge in [-0.05, 0) is 36.7 Å². The van der Waals surface area contributed by atoms with Gasteiger partial charge in [-0.25, -0.2) is 0 Å². The molecular formula is C20H17N3O6S. The maximum absolute atomic E-state index is 12.6. The highest BCUT2D eigenvalue weighted by molar-refractivity contribution is 8.18. The molecule has 0 saturated carbocycles. The minimum absolute atomic E-state index is 0.0609. The number of benzene rings is 1. The number of nitro benzene ring substituents is 1. The molecule has 30 heavy (non-hydrogen) atoms. The molecule has 2 saturated heterocycles. The number of likely N-dealkylation sites (tertiary alicyclic amines) is 1. The fourth-order valence-electron chi connectivity index (χ4n) is 3.33. The number of rotatable bonds is 5. The highest BCUT2D eigenvalue weighted by Crippen LogP contribution is 2.33. The van der Waals surface area contributed by atoms with Crippen molar-refractivity contribution < 1.29 is 23.7 Å². The van der Waals surface area contributed by atoms with Crippen LogP contribution in [0.2, 0.25) is 0 Å². The third-order valence-corrected chi connectivity index (χ3v) is 5.77. The lowest BCUT2D eigenvalue weighted by Crippen LogP contribution is -2.40. The summed E-state index contributed by atoms with van der Waals surface area (Å²) in [5.74, 6) is -0.0471. The van der Waals surface area contributed by atoms with Crippen LogP contribution in [-0.2, 0) is 9.59 Å². The van der Waals surface area contributed by atoms with Crippen LogP contribution < -0.4 is 0 Å². The Kier molecular flexibility index (Phi) is 5.40.